The number of nitrogens with zero attached hydrogens (tertiary/aromatic N) is 2. The monoisotopic (exact) mass is 385 g/mol. The van der Waals surface area contributed by atoms with Crippen molar-refractivity contribution in [3.63, 3.8) is 0 Å². The fourth-order valence-corrected chi connectivity index (χ4v) is 2.13. The van der Waals surface area contributed by atoms with Gasteiger partial charge in [-0.1, -0.05) is 17.7 Å². The summed E-state index contributed by atoms with van der Waals surface area (Å²) in [6.45, 7) is -0.510. The van der Waals surface area contributed by atoms with Gasteiger partial charge in [0.25, 0.3) is 11.6 Å². The average molecular weight is 386 g/mol. The summed E-state index contributed by atoms with van der Waals surface area (Å²) in [5.41, 5.74) is 1.00. The molecule has 2 aromatic rings. The van der Waals surface area contributed by atoms with Crippen LogP contribution in [0.25, 0.3) is 6.08 Å². The quantitative estimate of drug-likeness (QED) is 0.352. The van der Waals surface area contributed by atoms with Crippen LogP contribution < -0.4 is 5.32 Å². The molecule has 0 aromatic heterocycles. The van der Waals surface area contributed by atoms with Gasteiger partial charge in [-0.05, 0) is 42.0 Å². The first-order valence-electron chi connectivity index (χ1n) is 7.48. The number of hydrogen-bond donors (Lipinski definition) is 1. The number of anilines is 1. The summed E-state index contributed by atoms with van der Waals surface area (Å²) >= 11 is 5.70. The fraction of sp³-hybridized carbons (Fsp3) is 0.0556. The molecule has 0 radical (unpaired) electrons. The van der Waals surface area contributed by atoms with Crippen LogP contribution in [0.15, 0.2) is 48.5 Å². The van der Waals surface area contributed by atoms with Gasteiger partial charge in [-0.2, -0.15) is 5.26 Å². The molecule has 1 N–H and O–H groups in total. The molecule has 8 nitrogen and oxygen atoms in total. The van der Waals surface area contributed by atoms with E-state index in [0.29, 0.717) is 16.8 Å². The second-order valence-electron chi connectivity index (χ2n) is 5.15. The van der Waals surface area contributed by atoms with Crippen LogP contribution in [0.5, 0.6) is 0 Å². The molecular weight excluding hydrogens is 374 g/mol. The molecule has 0 bridgehead atoms. The number of nitriles is 1. The maximum Gasteiger partial charge on any atom is 0.331 e. The van der Waals surface area contributed by atoms with Crippen LogP contribution in [0.3, 0.4) is 0 Å². The smallest absolute Gasteiger partial charge is 0.331 e. The van der Waals surface area contributed by atoms with Crippen molar-refractivity contribution in [3.05, 3.63) is 74.8 Å². The predicted molar refractivity (Wildman–Crippen MR) is 97.9 cm³/mol. The van der Waals surface area contributed by atoms with Crippen LogP contribution in [0.1, 0.15) is 11.1 Å². The molecule has 0 saturated heterocycles. The fourth-order valence-electron chi connectivity index (χ4n) is 1.95. The molecule has 0 atom stereocenters. The number of esters is 1. The molecule has 0 aliphatic rings. The van der Waals surface area contributed by atoms with Crippen LogP contribution in [0, 0.1) is 21.4 Å². The number of nitro groups is 1. The summed E-state index contributed by atoms with van der Waals surface area (Å²) in [4.78, 5) is 33.6. The molecule has 0 fully saturated rings. The van der Waals surface area contributed by atoms with E-state index in [4.69, 9.17) is 21.6 Å². The molecule has 1 amide bonds. The number of carbonyl (C=O) groups excluding carboxylic acids is 2. The van der Waals surface area contributed by atoms with Crippen molar-refractivity contribution >= 4 is 40.9 Å². The number of ether oxygens (including phenoxy) is 1. The number of nitro benzene ring substituents is 1. The highest BCUT2D eigenvalue weighted by Crippen LogP contribution is 2.25. The highest BCUT2D eigenvalue weighted by atomic mass is 35.5. The third kappa shape index (κ3) is 5.95. The lowest BCUT2D eigenvalue weighted by molar-refractivity contribution is -0.384. The number of hydrogen-bond acceptors (Lipinski definition) is 6. The van der Waals surface area contributed by atoms with Gasteiger partial charge in [-0.3, -0.25) is 14.9 Å². The van der Waals surface area contributed by atoms with E-state index >= 15 is 0 Å². The van der Waals surface area contributed by atoms with Crippen LogP contribution >= 0.6 is 11.6 Å². The lowest BCUT2D eigenvalue weighted by atomic mass is 10.2. The van der Waals surface area contributed by atoms with Crippen molar-refractivity contribution in [2.24, 2.45) is 0 Å². The second-order valence-corrected chi connectivity index (χ2v) is 5.55. The van der Waals surface area contributed by atoms with Crippen molar-refractivity contribution in [2.75, 3.05) is 11.9 Å². The highest BCUT2D eigenvalue weighted by Gasteiger charge is 2.12. The normalized spacial score (nSPS) is 10.2. The lowest BCUT2D eigenvalue weighted by Crippen LogP contribution is -2.20. The van der Waals surface area contributed by atoms with E-state index < -0.39 is 23.4 Å². The van der Waals surface area contributed by atoms with Crippen molar-refractivity contribution in [1.29, 1.82) is 5.26 Å². The largest absolute Gasteiger partial charge is 0.452 e. The minimum absolute atomic E-state index is 0.0146. The van der Waals surface area contributed by atoms with Crippen LogP contribution in [0.4, 0.5) is 11.4 Å². The highest BCUT2D eigenvalue weighted by molar-refractivity contribution is 6.32. The van der Waals surface area contributed by atoms with E-state index in [-0.39, 0.29) is 10.7 Å². The summed E-state index contributed by atoms with van der Waals surface area (Å²) < 4.78 is 4.79. The van der Waals surface area contributed by atoms with Gasteiger partial charge in [0.2, 0.25) is 0 Å². The van der Waals surface area contributed by atoms with Gasteiger partial charge in [-0.15, -0.1) is 0 Å². The molecule has 0 saturated carbocycles. The van der Waals surface area contributed by atoms with E-state index in [1.165, 1.54) is 36.4 Å². The van der Waals surface area contributed by atoms with E-state index in [2.05, 4.69) is 5.32 Å². The van der Waals surface area contributed by atoms with E-state index in [1.54, 1.807) is 12.1 Å². The molecule has 0 heterocycles. The second kappa shape index (κ2) is 9.12. The number of halogens is 1. The van der Waals surface area contributed by atoms with Crippen LogP contribution in [-0.2, 0) is 14.3 Å². The van der Waals surface area contributed by atoms with E-state index in [1.807, 2.05) is 6.07 Å². The van der Waals surface area contributed by atoms with Gasteiger partial charge in [0, 0.05) is 17.8 Å². The zero-order valence-electron chi connectivity index (χ0n) is 13.7. The molecule has 2 aromatic carbocycles. The van der Waals surface area contributed by atoms with Gasteiger partial charge in [0.15, 0.2) is 6.61 Å². The van der Waals surface area contributed by atoms with Crippen molar-refractivity contribution in [3.8, 4) is 6.07 Å². The molecule has 0 unspecified atom stereocenters. The van der Waals surface area contributed by atoms with Gasteiger partial charge in [0.1, 0.15) is 5.02 Å². The van der Waals surface area contributed by atoms with Crippen LogP contribution in [-0.4, -0.2) is 23.4 Å². The molecule has 0 aliphatic carbocycles. The van der Waals surface area contributed by atoms with Gasteiger partial charge in [-0.25, -0.2) is 4.79 Å². The molecule has 27 heavy (non-hydrogen) atoms. The maximum atomic E-state index is 11.7. The summed E-state index contributed by atoms with van der Waals surface area (Å²) in [6, 6.07) is 12.2. The molecule has 0 spiro atoms. The summed E-state index contributed by atoms with van der Waals surface area (Å²) in [6.07, 6.45) is 2.35. The standard InChI is InChI=1S/C18H12ClN3O5/c19-15-7-3-12(9-16(15)22(25)26)4-8-18(24)27-11-17(23)21-14-5-1-13(10-20)2-6-14/h1-9H,11H2,(H,21,23)/b8-4+. The average Bonchev–Trinajstić information content (AvgIpc) is 2.66. The van der Waals surface area contributed by atoms with Gasteiger partial charge in [0.05, 0.1) is 16.6 Å². The number of benzene rings is 2. The first-order valence-corrected chi connectivity index (χ1v) is 7.85. The molecule has 9 heteroatoms. The summed E-state index contributed by atoms with van der Waals surface area (Å²) in [7, 11) is 0. The predicted octanol–water partition coefficient (Wildman–Crippen LogP) is 3.31. The van der Waals surface area contributed by atoms with E-state index in [9.17, 15) is 19.7 Å². The first-order chi connectivity index (χ1) is 12.9. The Hall–Kier alpha value is -3.70. The third-order valence-corrected chi connectivity index (χ3v) is 3.54. The first kappa shape index (κ1) is 19.6. The Morgan fingerprint density at radius 1 is 1.26 bits per heavy atom. The van der Waals surface area contributed by atoms with E-state index in [0.717, 1.165) is 6.08 Å². The minimum atomic E-state index is -0.789. The van der Waals surface area contributed by atoms with Crippen molar-refractivity contribution in [2.45, 2.75) is 0 Å². The molecular formula is C18H12ClN3O5. The Balaban J connectivity index is 1.87. The molecule has 136 valence electrons. The third-order valence-electron chi connectivity index (χ3n) is 3.22. The van der Waals surface area contributed by atoms with Crippen molar-refractivity contribution in [1.82, 2.24) is 0 Å². The Kier molecular flexibility index (Phi) is 6.63. The Bertz CT molecular complexity index is 948. The summed E-state index contributed by atoms with van der Waals surface area (Å²) in [5, 5.41) is 22.0. The number of rotatable bonds is 6. The molecule has 0 aliphatic heterocycles. The maximum absolute atomic E-state index is 11.7. The Morgan fingerprint density at radius 3 is 2.59 bits per heavy atom. The SMILES string of the molecule is N#Cc1ccc(NC(=O)COC(=O)/C=C/c2ccc(Cl)c([N+](=O)[O-])c2)cc1. The Labute approximate surface area is 158 Å². The van der Waals surface area contributed by atoms with Gasteiger partial charge < -0.3 is 10.1 Å². The number of nitrogens with one attached hydrogen (secondary N) is 1. The van der Waals surface area contributed by atoms with Crippen molar-refractivity contribution < 1.29 is 19.2 Å². The zero-order chi connectivity index (χ0) is 19.8. The Morgan fingerprint density at radius 2 is 1.96 bits per heavy atom. The van der Waals surface area contributed by atoms with Gasteiger partial charge >= 0.3 is 5.97 Å². The number of amides is 1. The minimum Gasteiger partial charge on any atom is -0.452 e. The summed E-state index contributed by atoms with van der Waals surface area (Å²) in [5.74, 6) is -1.34. The zero-order valence-corrected chi connectivity index (χ0v) is 14.5. The van der Waals surface area contributed by atoms with Crippen LogP contribution in [0.2, 0.25) is 5.02 Å². The molecule has 2 rings (SSSR count). The lowest BCUT2D eigenvalue weighted by Gasteiger charge is -2.05. The number of carbonyl (C=O) groups is 2. The topological polar surface area (TPSA) is 122 Å².